The van der Waals surface area contributed by atoms with Crippen LogP contribution in [0.2, 0.25) is 0 Å². The summed E-state index contributed by atoms with van der Waals surface area (Å²) in [4.78, 5) is 19.0. The number of aliphatic carboxylic acids is 2. The van der Waals surface area contributed by atoms with E-state index in [0.717, 1.165) is 0 Å². The second-order valence-corrected chi connectivity index (χ2v) is 2.14. The Kier molecular flexibility index (Phi) is 19.8. The summed E-state index contributed by atoms with van der Waals surface area (Å²) < 4.78 is 0. The molecule has 5 nitrogen and oxygen atoms in total. The molecule has 6 heteroatoms. The van der Waals surface area contributed by atoms with Crippen LogP contribution >= 0.6 is 0 Å². The zero-order valence-electron chi connectivity index (χ0n) is 8.25. The van der Waals surface area contributed by atoms with E-state index in [4.69, 9.17) is 0 Å². The topological polar surface area (TPSA) is 112 Å². The molecule has 0 saturated heterocycles. The van der Waals surface area contributed by atoms with Crippen molar-refractivity contribution in [1.29, 1.82) is 0 Å². The van der Waals surface area contributed by atoms with Crippen molar-refractivity contribution in [2.45, 2.75) is 13.8 Å². The maximum absolute atomic E-state index is 9.49. The van der Waals surface area contributed by atoms with Gasteiger partial charge in [-0.25, -0.2) is 0 Å². The van der Waals surface area contributed by atoms with Crippen LogP contribution in [0.25, 0.3) is 0 Å². The Bertz CT molecular complexity index is 174. The Morgan fingerprint density at radius 3 is 1.00 bits per heavy atom. The molecule has 0 aliphatic rings. The Morgan fingerprint density at radius 2 is 1.00 bits per heavy atom. The summed E-state index contributed by atoms with van der Waals surface area (Å²) in [5, 5.41) is 19.0. The monoisotopic (exact) mass is 252 g/mol. The number of hydrogen-bond acceptors (Lipinski definition) is 4. The minimum atomic E-state index is -1.19. The Hall–Kier alpha value is -0.997. The molecule has 0 aromatic carbocycles. The van der Waals surface area contributed by atoms with Crippen molar-refractivity contribution in [2.24, 2.45) is 0 Å². The molecular formula is C8H12O5Zn. The molecule has 14 heavy (non-hydrogen) atoms. The number of rotatable bonds is 2. The molecule has 0 heterocycles. The number of carbonyl (C=O) groups is 2. The van der Waals surface area contributed by atoms with Crippen LogP contribution in [0.5, 0.6) is 0 Å². The average Bonchev–Trinajstić information content (AvgIpc) is 1.88. The van der Waals surface area contributed by atoms with Gasteiger partial charge in [0.05, 0.1) is 11.9 Å². The quantitative estimate of drug-likeness (QED) is 0.410. The molecule has 0 rings (SSSR count). The second-order valence-electron chi connectivity index (χ2n) is 2.14. The average molecular weight is 254 g/mol. The van der Waals surface area contributed by atoms with E-state index in [1.165, 1.54) is 13.8 Å². The predicted molar refractivity (Wildman–Crippen MR) is 43.3 cm³/mol. The third-order valence-electron chi connectivity index (χ3n) is 0.697. The maximum atomic E-state index is 9.49. The van der Waals surface area contributed by atoms with Crippen molar-refractivity contribution in [2.75, 3.05) is 0 Å². The number of carboxylic acid groups (broad SMARTS) is 2. The van der Waals surface area contributed by atoms with Gasteiger partial charge < -0.3 is 25.3 Å². The van der Waals surface area contributed by atoms with E-state index in [1.54, 1.807) is 0 Å². The molecule has 0 unspecified atom stereocenters. The summed E-state index contributed by atoms with van der Waals surface area (Å²) in [6.07, 6.45) is 0. The van der Waals surface area contributed by atoms with Gasteiger partial charge in [0.1, 0.15) is 0 Å². The SMILES string of the molecule is C=C(C)C(=O)[O-].C=C(C)C(=O)[O-].O.[Zn+2]. The predicted octanol–water partition coefficient (Wildman–Crippen LogP) is -2.20. The van der Waals surface area contributed by atoms with E-state index < -0.39 is 11.9 Å². The van der Waals surface area contributed by atoms with Crippen LogP contribution in [-0.4, -0.2) is 17.4 Å². The molecule has 0 saturated carbocycles. The van der Waals surface area contributed by atoms with Crippen molar-refractivity contribution < 1.29 is 44.8 Å². The van der Waals surface area contributed by atoms with Gasteiger partial charge in [-0.05, 0) is 25.0 Å². The van der Waals surface area contributed by atoms with Crippen LogP contribution in [-0.2, 0) is 29.1 Å². The summed E-state index contributed by atoms with van der Waals surface area (Å²) in [5.41, 5.74) is 0.130. The molecular weight excluding hydrogens is 241 g/mol. The normalized spacial score (nSPS) is 6.43. The zero-order valence-corrected chi connectivity index (χ0v) is 11.2. The van der Waals surface area contributed by atoms with E-state index in [1.807, 2.05) is 0 Å². The Morgan fingerprint density at radius 1 is 0.929 bits per heavy atom. The molecule has 0 atom stereocenters. The van der Waals surface area contributed by atoms with Gasteiger partial charge >= 0.3 is 19.5 Å². The van der Waals surface area contributed by atoms with Gasteiger partial charge in [-0.1, -0.05) is 13.2 Å². The molecule has 0 spiro atoms. The van der Waals surface area contributed by atoms with Crippen molar-refractivity contribution in [3.05, 3.63) is 24.3 Å². The largest absolute Gasteiger partial charge is 2.00 e. The van der Waals surface area contributed by atoms with Gasteiger partial charge in [0.2, 0.25) is 0 Å². The third-order valence-corrected chi connectivity index (χ3v) is 0.697. The summed E-state index contributed by atoms with van der Waals surface area (Å²) in [6, 6.07) is 0. The van der Waals surface area contributed by atoms with Gasteiger partial charge in [-0.15, -0.1) is 0 Å². The Labute approximate surface area is 95.2 Å². The van der Waals surface area contributed by atoms with E-state index in [9.17, 15) is 19.8 Å². The van der Waals surface area contributed by atoms with Crippen LogP contribution in [0.4, 0.5) is 0 Å². The van der Waals surface area contributed by atoms with E-state index in [-0.39, 0.29) is 36.1 Å². The molecule has 0 aliphatic carbocycles. The van der Waals surface area contributed by atoms with Gasteiger partial charge in [-0.2, -0.15) is 0 Å². The summed E-state index contributed by atoms with van der Waals surface area (Å²) >= 11 is 0. The van der Waals surface area contributed by atoms with Crippen LogP contribution in [0.3, 0.4) is 0 Å². The second kappa shape index (κ2) is 12.0. The fourth-order valence-corrected chi connectivity index (χ4v) is 0. The third kappa shape index (κ3) is 22.4. The van der Waals surface area contributed by atoms with Gasteiger partial charge in [0.25, 0.3) is 0 Å². The number of carbonyl (C=O) groups excluding carboxylic acids is 2. The van der Waals surface area contributed by atoms with E-state index >= 15 is 0 Å². The Balaban J connectivity index is -0.0000000625. The zero-order chi connectivity index (χ0) is 10.3. The molecule has 0 radical (unpaired) electrons. The molecule has 2 N–H and O–H groups in total. The standard InChI is InChI=1S/2C4H6O2.H2O.Zn/c2*1-3(2)4(5)6;;/h2*1H2,2H3,(H,5,6);1H2;/q;;;+2/p-2. The molecule has 0 aliphatic heterocycles. The molecule has 0 aromatic heterocycles. The molecule has 0 aromatic rings. The molecule has 0 bridgehead atoms. The fraction of sp³-hybridized carbons (Fsp3) is 0.250. The summed E-state index contributed by atoms with van der Waals surface area (Å²) in [5.74, 6) is -2.37. The minimum Gasteiger partial charge on any atom is -0.545 e. The number of hydrogen-bond donors (Lipinski definition) is 0. The molecule has 0 amide bonds. The van der Waals surface area contributed by atoms with Crippen molar-refractivity contribution in [3.63, 3.8) is 0 Å². The van der Waals surface area contributed by atoms with E-state index in [0.29, 0.717) is 0 Å². The fourth-order valence-electron chi connectivity index (χ4n) is 0. The first-order chi connectivity index (χ1) is 5.29. The van der Waals surface area contributed by atoms with Gasteiger partial charge in [0, 0.05) is 0 Å². The van der Waals surface area contributed by atoms with Crippen LogP contribution in [0.1, 0.15) is 13.8 Å². The van der Waals surface area contributed by atoms with Crippen molar-refractivity contribution in [1.82, 2.24) is 0 Å². The van der Waals surface area contributed by atoms with Crippen LogP contribution in [0, 0.1) is 0 Å². The van der Waals surface area contributed by atoms with Gasteiger partial charge in [0.15, 0.2) is 0 Å². The number of carboxylic acids is 2. The smallest absolute Gasteiger partial charge is 0.545 e. The van der Waals surface area contributed by atoms with Crippen LogP contribution < -0.4 is 10.2 Å². The first kappa shape index (κ1) is 23.1. The van der Waals surface area contributed by atoms with E-state index in [2.05, 4.69) is 13.2 Å². The first-order valence-corrected chi connectivity index (χ1v) is 3.02. The maximum Gasteiger partial charge on any atom is 2.00 e. The van der Waals surface area contributed by atoms with Gasteiger partial charge in [-0.3, -0.25) is 0 Å². The summed E-state index contributed by atoms with van der Waals surface area (Å²) in [7, 11) is 0. The van der Waals surface area contributed by atoms with Crippen LogP contribution in [0.15, 0.2) is 24.3 Å². The molecule has 76 valence electrons. The minimum absolute atomic E-state index is 0. The summed E-state index contributed by atoms with van der Waals surface area (Å²) in [6.45, 7) is 8.95. The first-order valence-electron chi connectivity index (χ1n) is 3.02. The van der Waals surface area contributed by atoms with Crippen molar-refractivity contribution in [3.8, 4) is 0 Å². The van der Waals surface area contributed by atoms with Crippen molar-refractivity contribution >= 4 is 11.9 Å². The molecule has 0 fully saturated rings.